The summed E-state index contributed by atoms with van der Waals surface area (Å²) in [6, 6.07) is 11.3. The van der Waals surface area contributed by atoms with Crippen LogP contribution in [0.5, 0.6) is 17.2 Å². The van der Waals surface area contributed by atoms with E-state index in [4.69, 9.17) is 14.2 Å². The molecule has 1 fully saturated rings. The van der Waals surface area contributed by atoms with Gasteiger partial charge in [0.2, 0.25) is 17.6 Å². The summed E-state index contributed by atoms with van der Waals surface area (Å²) in [6.07, 6.45) is 2.37. The molecular formula is C25H32N2O5. The Morgan fingerprint density at radius 3 is 2.09 bits per heavy atom. The van der Waals surface area contributed by atoms with Crippen LogP contribution < -0.4 is 14.2 Å². The molecule has 1 saturated heterocycles. The van der Waals surface area contributed by atoms with Gasteiger partial charge in [-0.2, -0.15) is 0 Å². The standard InChI is InChI=1S/C25H32N2O5/c1-6-7-12-27-16-23(28)26(2)20(25(27)29)13-17-8-10-18(11-9-17)19-14-21(30-3)24(32-5)22(15-19)31-4/h8-11,14-15,20H,6-7,12-13,16H2,1-5H3/t20-/m0/s1. The molecule has 0 N–H and O–H groups in total. The number of hydrogen-bond acceptors (Lipinski definition) is 5. The predicted octanol–water partition coefficient (Wildman–Crippen LogP) is 3.39. The van der Waals surface area contributed by atoms with Crippen LogP contribution in [0.25, 0.3) is 11.1 Å². The Morgan fingerprint density at radius 2 is 1.56 bits per heavy atom. The highest BCUT2D eigenvalue weighted by Gasteiger charge is 2.36. The van der Waals surface area contributed by atoms with Crippen molar-refractivity contribution in [3.05, 3.63) is 42.0 Å². The van der Waals surface area contributed by atoms with E-state index >= 15 is 0 Å². The third-order valence-corrected chi connectivity index (χ3v) is 5.95. The molecule has 0 aromatic heterocycles. The Balaban J connectivity index is 1.81. The zero-order valence-electron chi connectivity index (χ0n) is 19.5. The molecule has 0 saturated carbocycles. The summed E-state index contributed by atoms with van der Waals surface area (Å²) in [5, 5.41) is 0. The van der Waals surface area contributed by atoms with E-state index in [-0.39, 0.29) is 18.4 Å². The van der Waals surface area contributed by atoms with Crippen molar-refractivity contribution in [3.63, 3.8) is 0 Å². The average molecular weight is 441 g/mol. The van der Waals surface area contributed by atoms with E-state index in [9.17, 15) is 9.59 Å². The lowest BCUT2D eigenvalue weighted by atomic mass is 9.98. The van der Waals surface area contributed by atoms with Crippen molar-refractivity contribution in [2.45, 2.75) is 32.2 Å². The van der Waals surface area contributed by atoms with Gasteiger partial charge in [0.05, 0.1) is 27.9 Å². The maximum absolute atomic E-state index is 13.0. The molecule has 172 valence electrons. The summed E-state index contributed by atoms with van der Waals surface area (Å²) in [6.45, 7) is 2.88. The van der Waals surface area contributed by atoms with E-state index in [0.29, 0.717) is 30.2 Å². The second-order valence-corrected chi connectivity index (χ2v) is 7.95. The molecule has 0 unspecified atom stereocenters. The molecule has 0 spiro atoms. The summed E-state index contributed by atoms with van der Waals surface area (Å²) < 4.78 is 16.3. The summed E-state index contributed by atoms with van der Waals surface area (Å²) in [4.78, 5) is 28.7. The van der Waals surface area contributed by atoms with Gasteiger partial charge in [-0.25, -0.2) is 0 Å². The molecule has 3 rings (SSSR count). The molecule has 0 bridgehead atoms. The maximum Gasteiger partial charge on any atom is 0.246 e. The number of benzene rings is 2. The van der Waals surface area contributed by atoms with Gasteiger partial charge in [0, 0.05) is 20.0 Å². The van der Waals surface area contributed by atoms with Crippen LogP contribution >= 0.6 is 0 Å². The highest BCUT2D eigenvalue weighted by molar-refractivity contribution is 5.95. The molecule has 1 aliphatic rings. The number of amides is 2. The largest absolute Gasteiger partial charge is 0.493 e. The molecular weight excluding hydrogens is 408 g/mol. The Labute approximate surface area is 189 Å². The highest BCUT2D eigenvalue weighted by atomic mass is 16.5. The van der Waals surface area contributed by atoms with Crippen LogP contribution in [-0.4, -0.2) is 69.1 Å². The van der Waals surface area contributed by atoms with Crippen molar-refractivity contribution in [2.75, 3.05) is 41.5 Å². The van der Waals surface area contributed by atoms with E-state index in [1.54, 1.807) is 38.2 Å². The summed E-state index contributed by atoms with van der Waals surface area (Å²) >= 11 is 0. The maximum atomic E-state index is 13.0. The van der Waals surface area contributed by atoms with Crippen molar-refractivity contribution in [1.29, 1.82) is 0 Å². The lowest BCUT2D eigenvalue weighted by molar-refractivity contribution is -0.154. The van der Waals surface area contributed by atoms with Crippen molar-refractivity contribution < 1.29 is 23.8 Å². The van der Waals surface area contributed by atoms with Crippen molar-refractivity contribution in [1.82, 2.24) is 9.80 Å². The minimum absolute atomic E-state index is 0.0141. The van der Waals surface area contributed by atoms with Gasteiger partial charge in [-0.1, -0.05) is 37.6 Å². The minimum Gasteiger partial charge on any atom is -0.493 e. The fraction of sp³-hybridized carbons (Fsp3) is 0.440. The number of ether oxygens (including phenoxy) is 3. The number of carbonyl (C=O) groups excluding carboxylic acids is 2. The monoisotopic (exact) mass is 440 g/mol. The van der Waals surface area contributed by atoms with Gasteiger partial charge < -0.3 is 24.0 Å². The number of likely N-dealkylation sites (N-methyl/N-ethyl adjacent to an activating group) is 1. The molecule has 2 aromatic rings. The quantitative estimate of drug-likeness (QED) is 0.598. The molecule has 0 radical (unpaired) electrons. The highest BCUT2D eigenvalue weighted by Crippen LogP contribution is 2.41. The van der Waals surface area contributed by atoms with Crippen LogP contribution in [0.1, 0.15) is 25.3 Å². The van der Waals surface area contributed by atoms with Crippen LogP contribution in [0.3, 0.4) is 0 Å². The van der Waals surface area contributed by atoms with Crippen LogP contribution in [-0.2, 0) is 16.0 Å². The number of piperazine rings is 1. The van der Waals surface area contributed by atoms with Crippen molar-refractivity contribution in [2.24, 2.45) is 0 Å². The Kier molecular flexibility index (Phi) is 7.62. The summed E-state index contributed by atoms with van der Waals surface area (Å²) in [5.41, 5.74) is 2.91. The van der Waals surface area contributed by atoms with Crippen LogP contribution in [0, 0.1) is 0 Å². The minimum atomic E-state index is -0.472. The number of unbranched alkanes of at least 4 members (excludes halogenated alkanes) is 1. The van der Waals surface area contributed by atoms with Gasteiger partial charge in [-0.05, 0) is 35.2 Å². The molecule has 7 heteroatoms. The van der Waals surface area contributed by atoms with Crippen LogP contribution in [0.2, 0.25) is 0 Å². The normalized spacial score (nSPS) is 16.3. The summed E-state index contributed by atoms with van der Waals surface area (Å²) in [5.74, 6) is 1.73. The Morgan fingerprint density at radius 1 is 0.938 bits per heavy atom. The van der Waals surface area contributed by atoms with Gasteiger partial charge in [0.15, 0.2) is 11.5 Å². The zero-order chi connectivity index (χ0) is 23.3. The molecule has 1 aliphatic heterocycles. The molecule has 32 heavy (non-hydrogen) atoms. The van der Waals surface area contributed by atoms with Gasteiger partial charge >= 0.3 is 0 Å². The number of rotatable bonds is 9. The molecule has 7 nitrogen and oxygen atoms in total. The lowest BCUT2D eigenvalue weighted by Gasteiger charge is -2.38. The first kappa shape index (κ1) is 23.4. The molecule has 1 heterocycles. The average Bonchev–Trinajstić information content (AvgIpc) is 2.82. The van der Waals surface area contributed by atoms with E-state index in [2.05, 4.69) is 6.92 Å². The van der Waals surface area contributed by atoms with Gasteiger partial charge in [0.25, 0.3) is 0 Å². The molecule has 0 aliphatic carbocycles. The van der Waals surface area contributed by atoms with Crippen molar-refractivity contribution in [3.8, 4) is 28.4 Å². The van der Waals surface area contributed by atoms with Gasteiger partial charge in [-0.15, -0.1) is 0 Å². The number of carbonyl (C=O) groups is 2. The van der Waals surface area contributed by atoms with Crippen LogP contribution in [0.4, 0.5) is 0 Å². The van der Waals surface area contributed by atoms with E-state index in [0.717, 1.165) is 29.5 Å². The smallest absolute Gasteiger partial charge is 0.246 e. The molecule has 2 amide bonds. The first-order chi connectivity index (χ1) is 15.4. The lowest BCUT2D eigenvalue weighted by Crippen LogP contribution is -2.59. The molecule has 1 atom stereocenters. The molecule has 2 aromatic carbocycles. The number of nitrogens with zero attached hydrogens (tertiary/aromatic N) is 2. The number of methoxy groups -OCH3 is 3. The fourth-order valence-electron chi connectivity index (χ4n) is 3.97. The van der Waals surface area contributed by atoms with E-state index < -0.39 is 6.04 Å². The SMILES string of the molecule is CCCCN1CC(=O)N(C)[C@@H](Cc2ccc(-c3cc(OC)c(OC)c(OC)c3)cc2)C1=O. The third-order valence-electron chi connectivity index (χ3n) is 5.95. The van der Waals surface area contributed by atoms with Gasteiger partial charge in [0.1, 0.15) is 6.04 Å². The Bertz CT molecular complexity index is 932. The van der Waals surface area contributed by atoms with Crippen LogP contribution in [0.15, 0.2) is 36.4 Å². The number of hydrogen-bond donors (Lipinski definition) is 0. The second-order valence-electron chi connectivity index (χ2n) is 7.95. The van der Waals surface area contributed by atoms with E-state index in [1.807, 2.05) is 36.4 Å². The topological polar surface area (TPSA) is 68.3 Å². The first-order valence-electron chi connectivity index (χ1n) is 10.9. The fourth-order valence-corrected chi connectivity index (χ4v) is 3.97. The first-order valence-corrected chi connectivity index (χ1v) is 10.9. The summed E-state index contributed by atoms with van der Waals surface area (Å²) in [7, 11) is 6.47. The third kappa shape index (κ3) is 4.82. The van der Waals surface area contributed by atoms with Crippen molar-refractivity contribution >= 4 is 11.8 Å². The Hall–Kier alpha value is -3.22. The zero-order valence-corrected chi connectivity index (χ0v) is 19.5. The van der Waals surface area contributed by atoms with Gasteiger partial charge in [-0.3, -0.25) is 9.59 Å². The predicted molar refractivity (Wildman–Crippen MR) is 123 cm³/mol. The van der Waals surface area contributed by atoms with E-state index in [1.165, 1.54) is 0 Å². The second kappa shape index (κ2) is 10.4.